The van der Waals surface area contributed by atoms with E-state index in [1.165, 1.54) is 7.11 Å². The summed E-state index contributed by atoms with van der Waals surface area (Å²) in [7, 11) is 1.50. The van der Waals surface area contributed by atoms with Crippen molar-refractivity contribution in [3.8, 4) is 17.2 Å². The monoisotopic (exact) mass is 297 g/mol. The summed E-state index contributed by atoms with van der Waals surface area (Å²) in [4.78, 5) is 14.5. The molecule has 1 aromatic carbocycles. The molecule has 88 valence electrons. The van der Waals surface area contributed by atoms with Crippen LogP contribution in [0, 0.1) is 0 Å². The average molecular weight is 298 g/mol. The van der Waals surface area contributed by atoms with Gasteiger partial charge in [0.15, 0.2) is 11.5 Å². The first-order valence-corrected chi connectivity index (χ1v) is 5.69. The lowest BCUT2D eigenvalue weighted by Crippen LogP contribution is -2.07. The standard InChI is InChI=1S/C11H8BrNO4/c1-15-10-8-5(6(12)3-13-11(8)14)2-7-9(10)17-4-16-7/h2-3H,4H2,1H3,(H,13,14). The minimum Gasteiger partial charge on any atom is -0.492 e. The average Bonchev–Trinajstić information content (AvgIpc) is 2.79. The SMILES string of the molecule is COc1c2c(cc3c(Br)c[nH]c(=O)c13)OCO2. The second-order valence-electron chi connectivity index (χ2n) is 3.53. The van der Waals surface area contributed by atoms with Crippen LogP contribution in [0.5, 0.6) is 17.2 Å². The van der Waals surface area contributed by atoms with Crippen molar-refractivity contribution >= 4 is 26.7 Å². The predicted octanol–water partition coefficient (Wildman–Crippen LogP) is 2.03. The number of halogens is 1. The highest BCUT2D eigenvalue weighted by atomic mass is 79.9. The lowest BCUT2D eigenvalue weighted by atomic mass is 10.1. The Morgan fingerprint density at radius 3 is 3.06 bits per heavy atom. The van der Waals surface area contributed by atoms with Crippen LogP contribution >= 0.6 is 15.9 Å². The summed E-state index contributed by atoms with van der Waals surface area (Å²) in [5.74, 6) is 1.46. The molecule has 3 rings (SSSR count). The third-order valence-corrected chi connectivity index (χ3v) is 3.29. The van der Waals surface area contributed by atoms with E-state index in [2.05, 4.69) is 20.9 Å². The van der Waals surface area contributed by atoms with Crippen LogP contribution in [0.15, 0.2) is 21.5 Å². The highest BCUT2D eigenvalue weighted by molar-refractivity contribution is 9.10. The normalized spacial score (nSPS) is 13.1. The van der Waals surface area contributed by atoms with Gasteiger partial charge in [-0.1, -0.05) is 0 Å². The van der Waals surface area contributed by atoms with E-state index in [9.17, 15) is 4.79 Å². The van der Waals surface area contributed by atoms with Gasteiger partial charge in [-0.25, -0.2) is 0 Å². The van der Waals surface area contributed by atoms with Gasteiger partial charge in [0.05, 0.1) is 12.5 Å². The molecule has 1 aliphatic rings. The molecule has 6 heteroatoms. The number of methoxy groups -OCH3 is 1. The Balaban J connectivity index is 2.53. The van der Waals surface area contributed by atoms with Gasteiger partial charge in [-0.05, 0) is 22.0 Å². The fraction of sp³-hybridized carbons (Fsp3) is 0.182. The third kappa shape index (κ3) is 1.40. The van der Waals surface area contributed by atoms with E-state index >= 15 is 0 Å². The zero-order valence-electron chi connectivity index (χ0n) is 8.87. The van der Waals surface area contributed by atoms with Crippen LogP contribution in [-0.2, 0) is 0 Å². The van der Waals surface area contributed by atoms with Crippen LogP contribution in [0.3, 0.4) is 0 Å². The van der Waals surface area contributed by atoms with Gasteiger partial charge in [-0.2, -0.15) is 0 Å². The van der Waals surface area contributed by atoms with E-state index in [0.717, 1.165) is 9.86 Å². The van der Waals surface area contributed by atoms with Gasteiger partial charge in [0.1, 0.15) is 0 Å². The Hall–Kier alpha value is -1.69. The van der Waals surface area contributed by atoms with E-state index in [4.69, 9.17) is 14.2 Å². The predicted molar refractivity (Wildman–Crippen MR) is 64.9 cm³/mol. The number of fused-ring (bicyclic) bond motifs is 2. The van der Waals surface area contributed by atoms with Crippen LogP contribution in [0.2, 0.25) is 0 Å². The Morgan fingerprint density at radius 2 is 2.29 bits per heavy atom. The fourth-order valence-corrected chi connectivity index (χ4v) is 2.33. The molecule has 0 saturated carbocycles. The van der Waals surface area contributed by atoms with Gasteiger partial charge in [-0.15, -0.1) is 0 Å². The van der Waals surface area contributed by atoms with Crippen molar-refractivity contribution in [1.29, 1.82) is 0 Å². The summed E-state index contributed by atoms with van der Waals surface area (Å²) in [5, 5.41) is 1.18. The molecule has 1 aliphatic heterocycles. The van der Waals surface area contributed by atoms with E-state index in [1.807, 2.05) is 0 Å². The molecular formula is C11H8BrNO4. The summed E-state index contributed by atoms with van der Waals surface area (Å²) < 4.78 is 16.6. The number of H-pyrrole nitrogens is 1. The van der Waals surface area contributed by atoms with Gasteiger partial charge < -0.3 is 19.2 Å². The van der Waals surface area contributed by atoms with Crippen LogP contribution in [0.1, 0.15) is 0 Å². The molecule has 17 heavy (non-hydrogen) atoms. The molecule has 1 N–H and O–H groups in total. The smallest absolute Gasteiger partial charge is 0.259 e. The number of benzene rings is 1. The van der Waals surface area contributed by atoms with Gasteiger partial charge in [0.25, 0.3) is 5.56 Å². The van der Waals surface area contributed by atoms with E-state index in [1.54, 1.807) is 12.3 Å². The zero-order valence-corrected chi connectivity index (χ0v) is 10.5. The first-order valence-electron chi connectivity index (χ1n) is 4.90. The minimum atomic E-state index is -0.224. The summed E-state index contributed by atoms with van der Waals surface area (Å²) in [6.45, 7) is 0.136. The maximum Gasteiger partial charge on any atom is 0.259 e. The quantitative estimate of drug-likeness (QED) is 0.875. The molecule has 0 aliphatic carbocycles. The number of hydrogen-bond acceptors (Lipinski definition) is 4. The Bertz CT molecular complexity index is 665. The molecule has 1 aromatic heterocycles. The first kappa shape index (κ1) is 10.5. The Kier molecular flexibility index (Phi) is 2.25. The van der Waals surface area contributed by atoms with Gasteiger partial charge in [0, 0.05) is 16.1 Å². The highest BCUT2D eigenvalue weighted by Crippen LogP contribution is 2.46. The van der Waals surface area contributed by atoms with Crippen molar-refractivity contribution in [2.75, 3.05) is 13.9 Å². The molecular weight excluding hydrogens is 290 g/mol. The highest BCUT2D eigenvalue weighted by Gasteiger charge is 2.24. The molecule has 0 radical (unpaired) electrons. The lowest BCUT2D eigenvalue weighted by Gasteiger charge is -2.09. The Morgan fingerprint density at radius 1 is 1.47 bits per heavy atom. The number of rotatable bonds is 1. The molecule has 0 fully saturated rings. The number of aromatic amines is 1. The summed E-state index contributed by atoms with van der Waals surface area (Å²) >= 11 is 3.38. The molecule has 0 unspecified atom stereocenters. The molecule has 0 amide bonds. The van der Waals surface area contributed by atoms with E-state index in [0.29, 0.717) is 22.6 Å². The topological polar surface area (TPSA) is 60.6 Å². The van der Waals surface area contributed by atoms with Crippen LogP contribution in [0.4, 0.5) is 0 Å². The van der Waals surface area contributed by atoms with Gasteiger partial charge in [0.2, 0.25) is 12.5 Å². The molecule has 0 spiro atoms. The summed E-state index contributed by atoms with van der Waals surface area (Å²) in [5.41, 5.74) is -0.224. The van der Waals surface area contributed by atoms with Crippen LogP contribution < -0.4 is 19.8 Å². The molecule has 5 nitrogen and oxygen atoms in total. The van der Waals surface area contributed by atoms with Crippen molar-refractivity contribution in [3.05, 3.63) is 27.1 Å². The van der Waals surface area contributed by atoms with Crippen molar-refractivity contribution < 1.29 is 14.2 Å². The van der Waals surface area contributed by atoms with Crippen molar-refractivity contribution in [3.63, 3.8) is 0 Å². The molecule has 0 bridgehead atoms. The van der Waals surface area contributed by atoms with Crippen LogP contribution in [-0.4, -0.2) is 18.9 Å². The fourth-order valence-electron chi connectivity index (χ4n) is 1.90. The Labute approximate surface area is 104 Å². The molecule has 0 saturated heterocycles. The third-order valence-electron chi connectivity index (χ3n) is 2.64. The molecule has 2 heterocycles. The lowest BCUT2D eigenvalue weighted by molar-refractivity contribution is 0.171. The minimum absolute atomic E-state index is 0.136. The largest absolute Gasteiger partial charge is 0.492 e. The number of nitrogens with one attached hydrogen (secondary N) is 1. The second-order valence-corrected chi connectivity index (χ2v) is 4.39. The number of ether oxygens (including phenoxy) is 3. The van der Waals surface area contributed by atoms with E-state index < -0.39 is 0 Å². The number of hydrogen-bond donors (Lipinski definition) is 1. The van der Waals surface area contributed by atoms with Crippen LogP contribution in [0.25, 0.3) is 10.8 Å². The number of pyridine rings is 1. The van der Waals surface area contributed by atoms with Crippen molar-refractivity contribution in [1.82, 2.24) is 4.98 Å². The second kappa shape index (κ2) is 3.66. The van der Waals surface area contributed by atoms with E-state index in [-0.39, 0.29) is 12.4 Å². The van der Waals surface area contributed by atoms with Gasteiger partial charge >= 0.3 is 0 Å². The molecule has 0 atom stereocenters. The summed E-state index contributed by atoms with van der Waals surface area (Å²) in [6, 6.07) is 1.76. The maximum atomic E-state index is 11.9. The maximum absolute atomic E-state index is 11.9. The first-order chi connectivity index (χ1) is 8.22. The number of aromatic nitrogens is 1. The molecule has 2 aromatic rings. The zero-order chi connectivity index (χ0) is 12.0. The van der Waals surface area contributed by atoms with Gasteiger partial charge in [-0.3, -0.25) is 4.79 Å². The summed E-state index contributed by atoms with van der Waals surface area (Å²) in [6.07, 6.45) is 1.59. The van der Waals surface area contributed by atoms with Crippen molar-refractivity contribution in [2.24, 2.45) is 0 Å². The van der Waals surface area contributed by atoms with Crippen molar-refractivity contribution in [2.45, 2.75) is 0 Å².